The zero-order valence-electron chi connectivity index (χ0n) is 10.6. The predicted octanol–water partition coefficient (Wildman–Crippen LogP) is 5.62. The van der Waals surface area contributed by atoms with E-state index in [1.54, 1.807) is 0 Å². The lowest BCUT2D eigenvalue weighted by atomic mass is 10.1. The summed E-state index contributed by atoms with van der Waals surface area (Å²) >= 11 is 5.61. The van der Waals surface area contributed by atoms with Crippen LogP contribution in [0.1, 0.15) is 16.7 Å². The third kappa shape index (κ3) is 4.60. The number of hydrogen-bond donors (Lipinski definition) is 0. The van der Waals surface area contributed by atoms with Gasteiger partial charge in [-0.1, -0.05) is 78.9 Å². The highest BCUT2D eigenvalue weighted by atomic mass is 35.5. The fourth-order valence-corrected chi connectivity index (χ4v) is 1.54. The molecule has 0 radical (unpaired) electrons. The van der Waals surface area contributed by atoms with Crippen molar-refractivity contribution in [3.05, 3.63) is 83.4 Å². The van der Waals surface area contributed by atoms with Crippen LogP contribution < -0.4 is 0 Å². The number of aryl methyl sites for hydroxylation is 1. The van der Waals surface area contributed by atoms with Gasteiger partial charge in [-0.25, -0.2) is 0 Å². The van der Waals surface area contributed by atoms with Crippen LogP contribution >= 0.6 is 11.6 Å². The van der Waals surface area contributed by atoms with Gasteiger partial charge in [-0.2, -0.15) is 0 Å². The topological polar surface area (TPSA) is 0 Å². The number of benzene rings is 2. The Morgan fingerprint density at radius 3 is 1.61 bits per heavy atom. The molecule has 0 aliphatic heterocycles. The molecule has 0 bridgehead atoms. The molecule has 0 saturated carbocycles. The number of halogens is 1. The van der Waals surface area contributed by atoms with Crippen LogP contribution in [0.25, 0.3) is 12.2 Å². The average molecular weight is 257 g/mol. The number of hydrogen-bond acceptors (Lipinski definition) is 0. The second-order valence-electron chi connectivity index (χ2n) is 3.83. The van der Waals surface area contributed by atoms with Crippen LogP contribution in [-0.2, 0) is 0 Å². The molecule has 0 spiro atoms. The van der Waals surface area contributed by atoms with Crippen LogP contribution in [0, 0.1) is 6.92 Å². The molecule has 0 aromatic heterocycles. The average Bonchev–Trinajstić information content (AvgIpc) is 2.42. The third-order valence-electron chi connectivity index (χ3n) is 2.45. The van der Waals surface area contributed by atoms with E-state index >= 15 is 0 Å². The Bertz CT molecular complexity index is 461. The van der Waals surface area contributed by atoms with Crippen molar-refractivity contribution in [2.24, 2.45) is 0 Å². The van der Waals surface area contributed by atoms with Gasteiger partial charge >= 0.3 is 0 Å². The standard InChI is InChI=1S/C10H10.C7H7Cl/c1-3-9-7-5-6-8-10(9)4-2;1-6-2-4-7(8)5-3-6/h3-8H,1-2H2;2-5H,1H3. The zero-order chi connectivity index (χ0) is 13.4. The van der Waals surface area contributed by atoms with Crippen molar-refractivity contribution in [2.45, 2.75) is 6.92 Å². The van der Waals surface area contributed by atoms with Gasteiger partial charge in [0.2, 0.25) is 0 Å². The Morgan fingerprint density at radius 2 is 1.28 bits per heavy atom. The van der Waals surface area contributed by atoms with Gasteiger partial charge in [0.25, 0.3) is 0 Å². The molecule has 0 heterocycles. The summed E-state index contributed by atoms with van der Waals surface area (Å²) in [6.45, 7) is 9.42. The summed E-state index contributed by atoms with van der Waals surface area (Å²) in [5, 5.41) is 0.801. The van der Waals surface area contributed by atoms with Crippen molar-refractivity contribution in [3.63, 3.8) is 0 Å². The molecule has 0 amide bonds. The Labute approximate surface area is 114 Å². The van der Waals surface area contributed by atoms with Crippen molar-refractivity contribution in [2.75, 3.05) is 0 Å². The van der Waals surface area contributed by atoms with E-state index in [1.807, 2.05) is 67.6 Å². The summed E-state index contributed by atoms with van der Waals surface area (Å²) in [6, 6.07) is 15.8. The Morgan fingerprint density at radius 1 is 0.833 bits per heavy atom. The smallest absolute Gasteiger partial charge is 0.0406 e. The fourth-order valence-electron chi connectivity index (χ4n) is 1.42. The Kier molecular flexibility index (Phi) is 5.96. The molecule has 2 rings (SSSR count). The molecule has 0 aliphatic rings. The van der Waals surface area contributed by atoms with E-state index in [9.17, 15) is 0 Å². The van der Waals surface area contributed by atoms with Crippen LogP contribution in [0.3, 0.4) is 0 Å². The minimum absolute atomic E-state index is 0.801. The van der Waals surface area contributed by atoms with Crippen LogP contribution in [0.15, 0.2) is 61.7 Å². The van der Waals surface area contributed by atoms with E-state index in [4.69, 9.17) is 11.6 Å². The highest BCUT2D eigenvalue weighted by Crippen LogP contribution is 2.10. The van der Waals surface area contributed by atoms with E-state index in [1.165, 1.54) is 5.56 Å². The van der Waals surface area contributed by atoms with Gasteiger partial charge in [0.1, 0.15) is 0 Å². The molecule has 2 aromatic rings. The Hall–Kier alpha value is -1.79. The molecule has 1 heteroatoms. The summed E-state index contributed by atoms with van der Waals surface area (Å²) in [5.41, 5.74) is 3.52. The number of rotatable bonds is 2. The highest BCUT2D eigenvalue weighted by molar-refractivity contribution is 6.30. The summed E-state index contributed by atoms with van der Waals surface area (Å²) < 4.78 is 0. The first-order chi connectivity index (χ1) is 8.67. The lowest BCUT2D eigenvalue weighted by Crippen LogP contribution is -1.76. The summed E-state index contributed by atoms with van der Waals surface area (Å²) in [6.07, 6.45) is 3.66. The second-order valence-corrected chi connectivity index (χ2v) is 4.27. The van der Waals surface area contributed by atoms with Gasteiger partial charge in [0.15, 0.2) is 0 Å². The monoisotopic (exact) mass is 256 g/mol. The Balaban J connectivity index is 0.000000184. The van der Waals surface area contributed by atoms with E-state index in [0.717, 1.165) is 16.1 Å². The molecule has 0 saturated heterocycles. The maximum absolute atomic E-state index is 5.61. The normalized spacial score (nSPS) is 9.00. The maximum Gasteiger partial charge on any atom is 0.0406 e. The van der Waals surface area contributed by atoms with E-state index in [2.05, 4.69) is 13.2 Å². The molecule has 0 atom stereocenters. The van der Waals surface area contributed by atoms with E-state index in [0.29, 0.717) is 0 Å². The lowest BCUT2D eigenvalue weighted by molar-refractivity contribution is 1.48. The third-order valence-corrected chi connectivity index (χ3v) is 2.70. The van der Waals surface area contributed by atoms with Crippen LogP contribution in [-0.4, -0.2) is 0 Å². The quantitative estimate of drug-likeness (QED) is 0.654. The molecule has 0 nitrogen and oxygen atoms in total. The first kappa shape index (κ1) is 14.3. The molecular weight excluding hydrogens is 240 g/mol. The maximum atomic E-state index is 5.61. The van der Waals surface area contributed by atoms with Crippen LogP contribution in [0.5, 0.6) is 0 Å². The summed E-state index contributed by atoms with van der Waals surface area (Å²) in [7, 11) is 0. The van der Waals surface area contributed by atoms with Crippen molar-refractivity contribution in [3.8, 4) is 0 Å². The van der Waals surface area contributed by atoms with Gasteiger partial charge in [-0.3, -0.25) is 0 Å². The molecule has 0 unspecified atom stereocenters. The minimum atomic E-state index is 0.801. The van der Waals surface area contributed by atoms with Gasteiger partial charge in [-0.15, -0.1) is 0 Å². The molecule has 0 fully saturated rings. The highest BCUT2D eigenvalue weighted by Gasteiger charge is 1.89. The molecule has 92 valence electrons. The van der Waals surface area contributed by atoms with Crippen molar-refractivity contribution in [1.29, 1.82) is 0 Å². The van der Waals surface area contributed by atoms with Gasteiger partial charge in [0, 0.05) is 5.02 Å². The van der Waals surface area contributed by atoms with Gasteiger partial charge < -0.3 is 0 Å². The van der Waals surface area contributed by atoms with Crippen molar-refractivity contribution >= 4 is 23.8 Å². The zero-order valence-corrected chi connectivity index (χ0v) is 11.3. The first-order valence-corrected chi connectivity index (χ1v) is 6.11. The van der Waals surface area contributed by atoms with Gasteiger partial charge in [-0.05, 0) is 30.2 Å². The lowest BCUT2D eigenvalue weighted by Gasteiger charge is -1.96. The molecule has 2 aromatic carbocycles. The molecule has 0 N–H and O–H groups in total. The van der Waals surface area contributed by atoms with Crippen molar-refractivity contribution in [1.82, 2.24) is 0 Å². The minimum Gasteiger partial charge on any atom is -0.0984 e. The van der Waals surface area contributed by atoms with E-state index in [-0.39, 0.29) is 0 Å². The summed E-state index contributed by atoms with van der Waals surface area (Å²) in [4.78, 5) is 0. The van der Waals surface area contributed by atoms with Crippen LogP contribution in [0.4, 0.5) is 0 Å². The largest absolute Gasteiger partial charge is 0.0984 e. The fraction of sp³-hybridized carbons (Fsp3) is 0.0588. The predicted molar refractivity (Wildman–Crippen MR) is 82.8 cm³/mol. The molecular formula is C17H17Cl. The molecule has 0 aliphatic carbocycles. The second kappa shape index (κ2) is 7.52. The van der Waals surface area contributed by atoms with E-state index < -0.39 is 0 Å². The first-order valence-electron chi connectivity index (χ1n) is 5.73. The molecule has 18 heavy (non-hydrogen) atoms. The van der Waals surface area contributed by atoms with Crippen LogP contribution in [0.2, 0.25) is 5.02 Å². The van der Waals surface area contributed by atoms with Crippen molar-refractivity contribution < 1.29 is 0 Å². The van der Waals surface area contributed by atoms with Gasteiger partial charge in [0.05, 0.1) is 0 Å². The SMILES string of the molecule is C=Cc1ccccc1C=C.Cc1ccc(Cl)cc1. The summed E-state index contributed by atoms with van der Waals surface area (Å²) in [5.74, 6) is 0.